The van der Waals surface area contributed by atoms with Crippen LogP contribution in [-0.2, 0) is 16.0 Å². The fourth-order valence-corrected chi connectivity index (χ4v) is 4.78. The van der Waals surface area contributed by atoms with E-state index in [0.29, 0.717) is 28.8 Å². The third kappa shape index (κ3) is 5.57. The molecule has 1 atom stereocenters. The number of hydrogen-bond donors (Lipinski definition) is 1. The van der Waals surface area contributed by atoms with Crippen LogP contribution in [0.3, 0.4) is 0 Å². The van der Waals surface area contributed by atoms with Gasteiger partial charge < -0.3 is 19.7 Å². The van der Waals surface area contributed by atoms with Crippen LogP contribution < -0.4 is 19.7 Å². The van der Waals surface area contributed by atoms with E-state index in [0.717, 1.165) is 11.3 Å². The maximum absolute atomic E-state index is 13.5. The highest BCUT2D eigenvalue weighted by Gasteiger charge is 2.44. The number of ether oxygens (including phenoxy) is 2. The van der Waals surface area contributed by atoms with Crippen molar-refractivity contribution in [1.82, 2.24) is 9.88 Å². The van der Waals surface area contributed by atoms with Crippen LogP contribution in [0, 0.1) is 5.82 Å². The molecule has 35 heavy (non-hydrogen) atoms. The lowest BCUT2D eigenvalue weighted by molar-refractivity contribution is -0.124. The van der Waals surface area contributed by atoms with E-state index in [1.54, 1.807) is 12.0 Å². The van der Waals surface area contributed by atoms with Crippen molar-refractivity contribution in [3.8, 4) is 10.8 Å². The number of hydrogen-bond acceptors (Lipinski definition) is 7. The second-order valence-electron chi connectivity index (χ2n) is 7.68. The van der Waals surface area contributed by atoms with Gasteiger partial charge in [-0.05, 0) is 60.6 Å². The highest BCUT2D eigenvalue weighted by molar-refractivity contribution is 7.80. The van der Waals surface area contributed by atoms with Gasteiger partial charge in [0.25, 0.3) is 5.91 Å². The van der Waals surface area contributed by atoms with E-state index < -0.39 is 11.9 Å². The van der Waals surface area contributed by atoms with Crippen LogP contribution in [0.25, 0.3) is 0 Å². The van der Waals surface area contributed by atoms with Gasteiger partial charge >= 0.3 is 0 Å². The Morgan fingerprint density at radius 2 is 1.86 bits per heavy atom. The molecule has 0 radical (unpaired) electrons. The Bertz CT molecular complexity index is 1220. The smallest absolute Gasteiger partial charge is 0.256 e. The van der Waals surface area contributed by atoms with E-state index in [1.165, 1.54) is 53.8 Å². The molecule has 1 aromatic heterocycles. The standard InChI is InChI=1S/C24H23FN4O4S2/c1-32-18-9-3-15(4-10-18)11-12-28-19(13-20(30)27-23-26-14-21(33-2)35-23)22(31)29(24(28)34)17-7-5-16(25)6-8-17/h3-10,14,19H,11-13H2,1-2H3,(H,26,27,30). The number of methoxy groups -OCH3 is 2. The predicted octanol–water partition coefficient (Wildman–Crippen LogP) is 3.87. The van der Waals surface area contributed by atoms with Gasteiger partial charge in [0, 0.05) is 6.54 Å². The second-order valence-corrected chi connectivity index (χ2v) is 9.04. The molecule has 8 nitrogen and oxygen atoms in total. The van der Waals surface area contributed by atoms with Gasteiger partial charge in [-0.1, -0.05) is 23.5 Å². The van der Waals surface area contributed by atoms with E-state index in [9.17, 15) is 14.0 Å². The van der Waals surface area contributed by atoms with Gasteiger partial charge in [0.1, 0.15) is 17.6 Å². The number of carbonyl (C=O) groups is 2. The number of aromatic nitrogens is 1. The Hall–Kier alpha value is -3.57. The molecule has 4 rings (SSSR count). The Balaban J connectivity index is 1.53. The number of thiazole rings is 1. The molecule has 1 aliphatic heterocycles. The quantitative estimate of drug-likeness (QED) is 0.434. The normalized spacial score (nSPS) is 15.5. The molecule has 0 spiro atoms. The van der Waals surface area contributed by atoms with Crippen LogP contribution in [0.1, 0.15) is 12.0 Å². The number of anilines is 2. The number of benzene rings is 2. The SMILES string of the molecule is COc1ccc(CCN2C(=S)N(c3ccc(F)cc3)C(=O)C2CC(=O)Nc2ncc(OC)s2)cc1. The molecular formula is C24H23FN4O4S2. The summed E-state index contributed by atoms with van der Waals surface area (Å²) in [6.07, 6.45) is 1.98. The number of halogens is 1. The third-order valence-corrected chi connectivity index (χ3v) is 6.81. The summed E-state index contributed by atoms with van der Waals surface area (Å²) in [5.41, 5.74) is 1.47. The van der Waals surface area contributed by atoms with Crippen molar-refractivity contribution in [1.29, 1.82) is 0 Å². The van der Waals surface area contributed by atoms with Gasteiger partial charge in [0.15, 0.2) is 15.3 Å². The van der Waals surface area contributed by atoms with Crippen LogP contribution >= 0.6 is 23.6 Å². The van der Waals surface area contributed by atoms with Gasteiger partial charge in [0.2, 0.25) is 5.91 Å². The van der Waals surface area contributed by atoms with Gasteiger partial charge in [-0.3, -0.25) is 14.5 Å². The van der Waals surface area contributed by atoms with Gasteiger partial charge in [0.05, 0.1) is 32.5 Å². The molecule has 0 saturated carbocycles. The van der Waals surface area contributed by atoms with E-state index in [1.807, 2.05) is 24.3 Å². The summed E-state index contributed by atoms with van der Waals surface area (Å²) < 4.78 is 23.8. The van der Waals surface area contributed by atoms with Crippen molar-refractivity contribution in [3.63, 3.8) is 0 Å². The largest absolute Gasteiger partial charge is 0.497 e. The topological polar surface area (TPSA) is 84.0 Å². The second kappa shape index (κ2) is 10.8. The molecule has 1 N–H and O–H groups in total. The number of nitrogens with zero attached hydrogens (tertiary/aromatic N) is 3. The van der Waals surface area contributed by atoms with Crippen LogP contribution in [0.15, 0.2) is 54.7 Å². The van der Waals surface area contributed by atoms with Gasteiger partial charge in [-0.15, -0.1) is 0 Å². The fourth-order valence-electron chi connectivity index (χ4n) is 3.71. The molecule has 1 saturated heterocycles. The summed E-state index contributed by atoms with van der Waals surface area (Å²) in [6, 6.07) is 12.3. The zero-order chi connectivity index (χ0) is 24.9. The number of thiocarbonyl (C=S) groups is 1. The molecule has 0 aliphatic carbocycles. The molecule has 1 fully saturated rings. The molecule has 3 aromatic rings. The average molecular weight is 515 g/mol. The first kappa shape index (κ1) is 24.6. The first-order chi connectivity index (χ1) is 16.9. The number of amides is 2. The average Bonchev–Trinajstić information content (AvgIpc) is 3.40. The zero-order valence-electron chi connectivity index (χ0n) is 19.1. The molecule has 182 valence electrons. The van der Waals surface area contributed by atoms with Crippen LogP contribution in [0.5, 0.6) is 10.8 Å². The van der Waals surface area contributed by atoms with Crippen molar-refractivity contribution in [3.05, 3.63) is 66.1 Å². The molecule has 1 aliphatic rings. The highest BCUT2D eigenvalue weighted by atomic mass is 32.1. The first-order valence-corrected chi connectivity index (χ1v) is 11.9. The van der Waals surface area contributed by atoms with Crippen molar-refractivity contribution in [2.45, 2.75) is 18.9 Å². The molecule has 2 heterocycles. The maximum atomic E-state index is 13.5. The number of carbonyl (C=O) groups excluding carboxylic acids is 2. The zero-order valence-corrected chi connectivity index (χ0v) is 20.7. The number of rotatable bonds is 9. The van der Waals surface area contributed by atoms with E-state index in [2.05, 4.69) is 10.3 Å². The van der Waals surface area contributed by atoms with Gasteiger partial charge in [-0.25, -0.2) is 9.37 Å². The van der Waals surface area contributed by atoms with Crippen molar-refractivity contribution in [2.75, 3.05) is 31.0 Å². The monoisotopic (exact) mass is 514 g/mol. The first-order valence-electron chi connectivity index (χ1n) is 10.7. The number of nitrogens with one attached hydrogen (secondary N) is 1. The van der Waals surface area contributed by atoms with E-state index >= 15 is 0 Å². The molecular weight excluding hydrogens is 491 g/mol. The summed E-state index contributed by atoms with van der Waals surface area (Å²) in [6.45, 7) is 0.414. The minimum Gasteiger partial charge on any atom is -0.497 e. The predicted molar refractivity (Wildman–Crippen MR) is 136 cm³/mol. The molecule has 2 amide bonds. The summed E-state index contributed by atoms with van der Waals surface area (Å²) in [4.78, 5) is 33.4. The Morgan fingerprint density at radius 3 is 2.49 bits per heavy atom. The maximum Gasteiger partial charge on any atom is 0.256 e. The molecule has 11 heteroatoms. The molecule has 2 aromatic carbocycles. The lowest BCUT2D eigenvalue weighted by atomic mass is 10.1. The molecule has 0 bridgehead atoms. The third-order valence-electron chi connectivity index (χ3n) is 5.51. The summed E-state index contributed by atoms with van der Waals surface area (Å²) >= 11 is 6.83. The fraction of sp³-hybridized carbons (Fsp3) is 0.250. The summed E-state index contributed by atoms with van der Waals surface area (Å²) in [5, 5.41) is 3.91. The van der Waals surface area contributed by atoms with E-state index in [-0.39, 0.29) is 23.3 Å². The highest BCUT2D eigenvalue weighted by Crippen LogP contribution is 2.29. The summed E-state index contributed by atoms with van der Waals surface area (Å²) in [7, 11) is 3.12. The molecule has 1 unspecified atom stereocenters. The Labute approximate surface area is 211 Å². The van der Waals surface area contributed by atoms with Crippen molar-refractivity contribution < 1.29 is 23.5 Å². The summed E-state index contributed by atoms with van der Waals surface area (Å²) in [5.74, 6) is -0.393. The minimum absolute atomic E-state index is 0.124. The lowest BCUT2D eigenvalue weighted by Gasteiger charge is -2.24. The van der Waals surface area contributed by atoms with Crippen LogP contribution in [0.4, 0.5) is 15.2 Å². The van der Waals surface area contributed by atoms with Crippen molar-refractivity contribution in [2.24, 2.45) is 0 Å². The Morgan fingerprint density at radius 1 is 1.14 bits per heavy atom. The van der Waals surface area contributed by atoms with Crippen LogP contribution in [0.2, 0.25) is 0 Å². The lowest BCUT2D eigenvalue weighted by Crippen LogP contribution is -2.39. The minimum atomic E-state index is -0.812. The Kier molecular flexibility index (Phi) is 7.57. The van der Waals surface area contributed by atoms with Crippen LogP contribution in [-0.4, -0.2) is 53.6 Å². The van der Waals surface area contributed by atoms with Gasteiger partial charge in [-0.2, -0.15) is 0 Å². The van der Waals surface area contributed by atoms with E-state index in [4.69, 9.17) is 21.7 Å². The van der Waals surface area contributed by atoms with Crippen molar-refractivity contribution >= 4 is 51.3 Å².